The third kappa shape index (κ3) is 3.97. The predicted molar refractivity (Wildman–Crippen MR) is 71.6 cm³/mol. The third-order valence-electron chi connectivity index (χ3n) is 2.55. The molecule has 0 aromatic heterocycles. The Labute approximate surface area is 105 Å². The van der Waals surface area contributed by atoms with Gasteiger partial charge in [0, 0.05) is 22.1 Å². The molecule has 0 aliphatic heterocycles. The molecule has 1 rings (SSSR count). The van der Waals surface area contributed by atoms with Crippen molar-refractivity contribution < 1.29 is 4.79 Å². The van der Waals surface area contributed by atoms with Gasteiger partial charge < -0.3 is 5.73 Å². The molecule has 88 valence electrons. The summed E-state index contributed by atoms with van der Waals surface area (Å²) in [5, 5.41) is 0. The summed E-state index contributed by atoms with van der Waals surface area (Å²) in [6.45, 7) is 2.17. The van der Waals surface area contributed by atoms with Crippen LogP contribution >= 0.6 is 15.9 Å². The van der Waals surface area contributed by atoms with Crippen LogP contribution in [0.3, 0.4) is 0 Å². The Bertz CT molecular complexity index is 363. The highest BCUT2D eigenvalue weighted by atomic mass is 79.9. The fourth-order valence-electron chi connectivity index (χ4n) is 1.60. The third-order valence-corrected chi connectivity index (χ3v) is 3.21. The summed E-state index contributed by atoms with van der Waals surface area (Å²) in [6, 6.07) is 5.34. The quantitative estimate of drug-likeness (QED) is 0.483. The number of carbonyl (C=O) groups is 1. The summed E-state index contributed by atoms with van der Waals surface area (Å²) in [6.07, 6.45) is 5.14. The molecule has 0 amide bonds. The first-order valence-electron chi connectivity index (χ1n) is 5.73. The van der Waals surface area contributed by atoms with Gasteiger partial charge >= 0.3 is 0 Å². The summed E-state index contributed by atoms with van der Waals surface area (Å²) >= 11 is 3.37. The van der Waals surface area contributed by atoms with Crippen molar-refractivity contribution in [1.82, 2.24) is 0 Å². The van der Waals surface area contributed by atoms with Crippen molar-refractivity contribution in [3.63, 3.8) is 0 Å². The summed E-state index contributed by atoms with van der Waals surface area (Å²) in [4.78, 5) is 11.9. The molecular formula is C13H18BrNO. The maximum Gasteiger partial charge on any atom is 0.164 e. The molecule has 1 aromatic rings. The average Bonchev–Trinajstić information content (AvgIpc) is 2.24. The molecule has 1 aromatic carbocycles. The number of hydrogen-bond acceptors (Lipinski definition) is 2. The van der Waals surface area contributed by atoms with Crippen molar-refractivity contribution >= 4 is 27.4 Å². The molecule has 0 saturated carbocycles. The Kier molecular flexibility index (Phi) is 5.53. The second-order valence-electron chi connectivity index (χ2n) is 3.97. The first-order valence-corrected chi connectivity index (χ1v) is 6.52. The van der Waals surface area contributed by atoms with Gasteiger partial charge in [0.1, 0.15) is 0 Å². The van der Waals surface area contributed by atoms with Gasteiger partial charge in [-0.05, 0) is 40.5 Å². The van der Waals surface area contributed by atoms with Crippen LogP contribution in [0.25, 0.3) is 0 Å². The van der Waals surface area contributed by atoms with Crippen LogP contribution in [-0.4, -0.2) is 5.78 Å². The van der Waals surface area contributed by atoms with Gasteiger partial charge in [-0.25, -0.2) is 0 Å². The molecule has 0 fully saturated rings. The highest BCUT2D eigenvalue weighted by molar-refractivity contribution is 9.10. The van der Waals surface area contributed by atoms with E-state index in [9.17, 15) is 4.79 Å². The lowest BCUT2D eigenvalue weighted by molar-refractivity contribution is 0.0978. The van der Waals surface area contributed by atoms with Gasteiger partial charge in [0.15, 0.2) is 5.78 Å². The fourth-order valence-corrected chi connectivity index (χ4v) is 2.22. The van der Waals surface area contributed by atoms with Crippen molar-refractivity contribution in [2.45, 2.75) is 39.0 Å². The van der Waals surface area contributed by atoms with E-state index >= 15 is 0 Å². The summed E-state index contributed by atoms with van der Waals surface area (Å²) in [5.74, 6) is 0.197. The number of hydrogen-bond donors (Lipinski definition) is 1. The normalized spacial score (nSPS) is 10.4. The highest BCUT2D eigenvalue weighted by Crippen LogP contribution is 2.22. The van der Waals surface area contributed by atoms with E-state index in [0.717, 1.165) is 22.9 Å². The average molecular weight is 284 g/mol. The molecular weight excluding hydrogens is 266 g/mol. The number of ketones is 1. The number of carbonyl (C=O) groups excluding carboxylic acids is 1. The monoisotopic (exact) mass is 283 g/mol. The first-order chi connectivity index (χ1) is 7.65. The Morgan fingerprint density at radius 3 is 2.69 bits per heavy atom. The summed E-state index contributed by atoms with van der Waals surface area (Å²) < 4.78 is 0.799. The maximum absolute atomic E-state index is 11.9. The van der Waals surface area contributed by atoms with Gasteiger partial charge in [-0.15, -0.1) is 0 Å². The van der Waals surface area contributed by atoms with E-state index in [-0.39, 0.29) is 5.78 Å². The minimum atomic E-state index is 0.197. The second kappa shape index (κ2) is 6.69. The maximum atomic E-state index is 11.9. The zero-order valence-electron chi connectivity index (χ0n) is 9.63. The minimum absolute atomic E-state index is 0.197. The standard InChI is InChI=1S/C13H18BrNO/c1-2-3-4-5-6-13(16)11-8-7-10(15)9-12(11)14/h7-9H,2-6,15H2,1H3. The van der Waals surface area contributed by atoms with Gasteiger partial charge in [-0.3, -0.25) is 4.79 Å². The molecule has 0 aliphatic carbocycles. The number of halogens is 1. The van der Waals surface area contributed by atoms with Crippen molar-refractivity contribution in [3.05, 3.63) is 28.2 Å². The highest BCUT2D eigenvalue weighted by Gasteiger charge is 2.09. The molecule has 16 heavy (non-hydrogen) atoms. The molecule has 0 saturated heterocycles. The molecule has 0 unspecified atom stereocenters. The van der Waals surface area contributed by atoms with E-state index in [1.165, 1.54) is 12.8 Å². The summed E-state index contributed by atoms with van der Waals surface area (Å²) in [5.41, 5.74) is 7.04. The molecule has 0 aliphatic rings. The van der Waals surface area contributed by atoms with Crippen LogP contribution in [0.5, 0.6) is 0 Å². The van der Waals surface area contributed by atoms with Gasteiger partial charge in [-0.2, -0.15) is 0 Å². The topological polar surface area (TPSA) is 43.1 Å². The van der Waals surface area contributed by atoms with Crippen molar-refractivity contribution in [2.24, 2.45) is 0 Å². The lowest BCUT2D eigenvalue weighted by atomic mass is 10.0. The van der Waals surface area contributed by atoms with Gasteiger partial charge in [0.2, 0.25) is 0 Å². The summed E-state index contributed by atoms with van der Waals surface area (Å²) in [7, 11) is 0. The molecule has 2 nitrogen and oxygen atoms in total. The Morgan fingerprint density at radius 2 is 2.06 bits per heavy atom. The van der Waals surface area contributed by atoms with Crippen LogP contribution in [0.2, 0.25) is 0 Å². The molecule has 3 heteroatoms. The van der Waals surface area contributed by atoms with E-state index in [0.29, 0.717) is 12.1 Å². The van der Waals surface area contributed by atoms with Gasteiger partial charge in [0.05, 0.1) is 0 Å². The van der Waals surface area contributed by atoms with Crippen molar-refractivity contribution in [1.29, 1.82) is 0 Å². The van der Waals surface area contributed by atoms with Crippen LogP contribution < -0.4 is 5.73 Å². The number of nitrogen functional groups attached to an aromatic ring is 1. The molecule has 0 spiro atoms. The number of nitrogens with two attached hydrogens (primary N) is 1. The van der Waals surface area contributed by atoms with Crippen LogP contribution in [-0.2, 0) is 0 Å². The van der Waals surface area contributed by atoms with E-state index in [1.54, 1.807) is 18.2 Å². The van der Waals surface area contributed by atoms with E-state index in [2.05, 4.69) is 22.9 Å². The predicted octanol–water partition coefficient (Wildman–Crippen LogP) is 4.18. The van der Waals surface area contributed by atoms with Gasteiger partial charge in [0.25, 0.3) is 0 Å². The SMILES string of the molecule is CCCCCCC(=O)c1ccc(N)cc1Br. The lowest BCUT2D eigenvalue weighted by Crippen LogP contribution is -2.00. The zero-order valence-corrected chi connectivity index (χ0v) is 11.2. The van der Waals surface area contributed by atoms with E-state index in [4.69, 9.17) is 5.73 Å². The number of Topliss-reactive ketones (excluding diaryl/α,β-unsaturated/α-hetero) is 1. The molecule has 0 bridgehead atoms. The molecule has 0 heterocycles. The van der Waals surface area contributed by atoms with E-state index < -0.39 is 0 Å². The Morgan fingerprint density at radius 1 is 1.31 bits per heavy atom. The lowest BCUT2D eigenvalue weighted by Gasteiger charge is -2.04. The van der Waals surface area contributed by atoms with E-state index in [1.807, 2.05) is 0 Å². The number of benzene rings is 1. The van der Waals surface area contributed by atoms with Crippen LogP contribution in [0.1, 0.15) is 49.4 Å². The minimum Gasteiger partial charge on any atom is -0.399 e. The molecule has 2 N–H and O–H groups in total. The fraction of sp³-hybridized carbons (Fsp3) is 0.462. The van der Waals surface area contributed by atoms with Crippen LogP contribution in [0.15, 0.2) is 22.7 Å². The Balaban J connectivity index is 2.53. The first kappa shape index (κ1) is 13.2. The Hall–Kier alpha value is -0.830. The molecule has 0 radical (unpaired) electrons. The zero-order chi connectivity index (χ0) is 12.0. The second-order valence-corrected chi connectivity index (χ2v) is 4.83. The van der Waals surface area contributed by atoms with Crippen molar-refractivity contribution in [3.8, 4) is 0 Å². The van der Waals surface area contributed by atoms with Crippen molar-refractivity contribution in [2.75, 3.05) is 5.73 Å². The van der Waals surface area contributed by atoms with Crippen LogP contribution in [0, 0.1) is 0 Å². The number of unbranched alkanes of at least 4 members (excludes halogenated alkanes) is 3. The van der Waals surface area contributed by atoms with Gasteiger partial charge in [-0.1, -0.05) is 26.2 Å². The smallest absolute Gasteiger partial charge is 0.164 e. The van der Waals surface area contributed by atoms with Crippen LogP contribution in [0.4, 0.5) is 5.69 Å². The number of anilines is 1. The largest absolute Gasteiger partial charge is 0.399 e. The number of rotatable bonds is 6. The molecule has 0 atom stereocenters.